The number of unbranched alkanes of at least 4 members (excludes halogenated alkanes) is 8. The van der Waals surface area contributed by atoms with Crippen LogP contribution in [0.15, 0.2) is 34.0 Å². The quantitative estimate of drug-likeness (QED) is 0.0467. The summed E-state index contributed by atoms with van der Waals surface area (Å²) in [6, 6.07) is -2.01. The van der Waals surface area contributed by atoms with Gasteiger partial charge in [0.25, 0.3) is 5.56 Å². The van der Waals surface area contributed by atoms with E-state index in [-0.39, 0.29) is 0 Å². The minimum absolute atomic E-state index is 0.597. The Balaban J connectivity index is 1.44. The number of rotatable bonds is 21. The summed E-state index contributed by atoms with van der Waals surface area (Å²) in [6.45, 7) is 4.81. The van der Waals surface area contributed by atoms with E-state index in [2.05, 4.69) is 24.5 Å². The molecule has 3 aliphatic rings. The standard InChI is InChI=1S/C39H64N4O16/c1-20(2)14-12-10-8-6-4-5-7-9-11-13-15-25(47)41-28-32(52)29(49)23(56-38(28)59-37-27(40-21(3)45)31(51)30(50)24(19-44)57-37)18-22(46)35-33(53)34(54)36(58-35)43-17-16-26(48)42-39(43)55/h13,15-17,20,22-24,27-38,44,46,49-54H,4-12,14,18-19H2,1-3H3,(H,40,45)(H,41,47)(H,42,48,55)/b15-13+/t22-,23?,24?,27?,28?,29?,30?,31?,32?,33-,34+,35+,36+,37?,38?/m1/s1. The lowest BCUT2D eigenvalue weighted by molar-refractivity contribution is -0.346. The van der Waals surface area contributed by atoms with Gasteiger partial charge < -0.3 is 70.4 Å². The van der Waals surface area contributed by atoms with Crippen LogP contribution in [0.5, 0.6) is 0 Å². The second kappa shape index (κ2) is 23.2. The Labute approximate surface area is 342 Å². The van der Waals surface area contributed by atoms with Gasteiger partial charge in [0.05, 0.1) is 18.8 Å². The van der Waals surface area contributed by atoms with Gasteiger partial charge in [0.1, 0.15) is 60.9 Å². The van der Waals surface area contributed by atoms with E-state index in [1.54, 1.807) is 6.08 Å². The number of aliphatic hydroxyl groups is 8. The fraction of sp³-hybridized carbons (Fsp3) is 0.795. The summed E-state index contributed by atoms with van der Waals surface area (Å²) in [4.78, 5) is 51.1. The van der Waals surface area contributed by atoms with Crippen molar-refractivity contribution in [3.63, 3.8) is 0 Å². The average Bonchev–Trinajstić information content (AvgIpc) is 3.47. The normalized spacial score (nSPS) is 34.3. The van der Waals surface area contributed by atoms with Gasteiger partial charge in [-0.2, -0.15) is 0 Å². The predicted octanol–water partition coefficient (Wildman–Crippen LogP) is -2.09. The van der Waals surface area contributed by atoms with E-state index in [1.165, 1.54) is 38.2 Å². The molecule has 20 heteroatoms. The monoisotopic (exact) mass is 844 g/mol. The molecule has 2 amide bonds. The van der Waals surface area contributed by atoms with Gasteiger partial charge in [-0.3, -0.25) is 23.9 Å². The van der Waals surface area contributed by atoms with Crippen LogP contribution in [0, 0.1) is 5.92 Å². The molecule has 0 aliphatic carbocycles. The van der Waals surface area contributed by atoms with Crippen LogP contribution in [-0.2, 0) is 28.5 Å². The molecule has 59 heavy (non-hydrogen) atoms. The van der Waals surface area contributed by atoms with E-state index in [0.29, 0.717) is 6.42 Å². The van der Waals surface area contributed by atoms with Gasteiger partial charge in [0.2, 0.25) is 11.8 Å². The Kier molecular flexibility index (Phi) is 19.1. The largest absolute Gasteiger partial charge is 0.394 e. The first-order chi connectivity index (χ1) is 28.0. The number of nitrogens with one attached hydrogen (secondary N) is 3. The molecule has 0 saturated carbocycles. The summed E-state index contributed by atoms with van der Waals surface area (Å²) in [5.41, 5.74) is -1.68. The third kappa shape index (κ3) is 13.4. The molecule has 0 bridgehead atoms. The van der Waals surface area contributed by atoms with Crippen LogP contribution in [0.3, 0.4) is 0 Å². The van der Waals surface area contributed by atoms with Crippen molar-refractivity contribution in [1.29, 1.82) is 0 Å². The fourth-order valence-electron chi connectivity index (χ4n) is 7.63. The van der Waals surface area contributed by atoms with Crippen LogP contribution in [0.1, 0.15) is 97.6 Å². The van der Waals surface area contributed by atoms with Gasteiger partial charge in [-0.25, -0.2) is 4.79 Å². The first kappa shape index (κ1) is 48.5. The molecule has 3 fully saturated rings. The smallest absolute Gasteiger partial charge is 0.330 e. The maximum absolute atomic E-state index is 13.1. The molecule has 1 aromatic heterocycles. The Morgan fingerprint density at radius 2 is 1.39 bits per heavy atom. The Morgan fingerprint density at radius 1 is 0.814 bits per heavy atom. The third-order valence-corrected chi connectivity index (χ3v) is 11.0. The summed E-state index contributed by atoms with van der Waals surface area (Å²) in [7, 11) is 0. The Bertz CT molecular complexity index is 1610. The van der Waals surface area contributed by atoms with Gasteiger partial charge in [-0.05, 0) is 24.8 Å². The second-order valence-corrected chi connectivity index (χ2v) is 16.1. The minimum atomic E-state index is -1.85. The van der Waals surface area contributed by atoms with E-state index in [9.17, 15) is 60.0 Å². The van der Waals surface area contributed by atoms with Crippen molar-refractivity contribution < 1.29 is 69.4 Å². The second-order valence-electron chi connectivity index (χ2n) is 16.1. The van der Waals surface area contributed by atoms with Gasteiger partial charge in [-0.15, -0.1) is 0 Å². The summed E-state index contributed by atoms with van der Waals surface area (Å²) in [6.07, 6.45) is -7.65. The molecule has 0 aromatic carbocycles. The number of hydrogen-bond donors (Lipinski definition) is 11. The van der Waals surface area contributed by atoms with Crippen molar-refractivity contribution in [1.82, 2.24) is 20.2 Å². The molecule has 4 rings (SSSR count). The zero-order valence-electron chi connectivity index (χ0n) is 33.8. The number of carbonyl (C=O) groups is 2. The van der Waals surface area contributed by atoms with Crippen LogP contribution in [-0.4, -0.2) is 155 Å². The van der Waals surface area contributed by atoms with Crippen molar-refractivity contribution in [3.05, 3.63) is 45.3 Å². The minimum Gasteiger partial charge on any atom is -0.394 e. The highest BCUT2D eigenvalue weighted by Crippen LogP contribution is 2.34. The number of H-pyrrole nitrogens is 1. The molecule has 3 saturated heterocycles. The lowest BCUT2D eigenvalue weighted by Crippen LogP contribution is -2.68. The number of ether oxygens (including phenoxy) is 4. The molecule has 10 unspecified atom stereocenters. The Morgan fingerprint density at radius 3 is 1.98 bits per heavy atom. The zero-order chi connectivity index (χ0) is 43.4. The summed E-state index contributed by atoms with van der Waals surface area (Å²) >= 11 is 0. The molecular formula is C39H64N4O16. The maximum atomic E-state index is 13.1. The number of allylic oxidation sites excluding steroid dienone is 1. The third-order valence-electron chi connectivity index (χ3n) is 11.0. The summed E-state index contributed by atoms with van der Waals surface area (Å²) in [5.74, 6) is -0.621. The molecule has 15 atom stereocenters. The first-order valence-electron chi connectivity index (χ1n) is 20.6. The number of amides is 2. The van der Waals surface area contributed by atoms with Crippen LogP contribution >= 0.6 is 0 Å². The van der Waals surface area contributed by atoms with Crippen LogP contribution in [0.2, 0.25) is 0 Å². The van der Waals surface area contributed by atoms with E-state index in [1.807, 2.05) is 4.98 Å². The number of carbonyl (C=O) groups excluding carboxylic acids is 2. The number of aromatic nitrogens is 2. The summed E-state index contributed by atoms with van der Waals surface area (Å²) < 4.78 is 24.1. The van der Waals surface area contributed by atoms with Crippen molar-refractivity contribution in [2.75, 3.05) is 6.61 Å². The molecule has 0 radical (unpaired) electrons. The van der Waals surface area contributed by atoms with Gasteiger partial charge in [-0.1, -0.05) is 71.3 Å². The fourth-order valence-corrected chi connectivity index (χ4v) is 7.63. The SMILES string of the molecule is CC(=O)NC1C(OC2OC(C[C@@H](O)[C@@H]3O[C@H](n4ccc(=O)[nH]c4=O)[C@@H](O)[C@H]3O)C(O)C(O)C2NC(=O)/C=C/CCCCCCCCCCC(C)C)OC(CO)C(O)C1O. The molecule has 336 valence electrons. The number of nitrogens with zero attached hydrogens (tertiary/aromatic N) is 1. The number of hydrogen-bond acceptors (Lipinski definition) is 16. The van der Waals surface area contributed by atoms with E-state index >= 15 is 0 Å². The number of aromatic amines is 1. The van der Waals surface area contributed by atoms with E-state index < -0.39 is 128 Å². The molecule has 3 aliphatic heterocycles. The van der Waals surface area contributed by atoms with Crippen LogP contribution in [0.4, 0.5) is 0 Å². The highest BCUT2D eigenvalue weighted by molar-refractivity contribution is 5.87. The molecule has 20 nitrogen and oxygen atoms in total. The molecule has 0 spiro atoms. The summed E-state index contributed by atoms with van der Waals surface area (Å²) in [5, 5.41) is 91.4. The topological polar surface area (TPSA) is 312 Å². The molecule has 11 N–H and O–H groups in total. The lowest BCUT2D eigenvalue weighted by Gasteiger charge is -2.47. The van der Waals surface area contributed by atoms with Crippen molar-refractivity contribution in [2.24, 2.45) is 5.92 Å². The molecular weight excluding hydrogens is 780 g/mol. The predicted molar refractivity (Wildman–Crippen MR) is 207 cm³/mol. The lowest BCUT2D eigenvalue weighted by atomic mass is 9.91. The maximum Gasteiger partial charge on any atom is 0.330 e. The van der Waals surface area contributed by atoms with E-state index in [4.69, 9.17) is 18.9 Å². The Hall–Kier alpha value is -3.12. The van der Waals surface area contributed by atoms with Crippen molar-refractivity contribution >= 4 is 11.8 Å². The van der Waals surface area contributed by atoms with Crippen LogP contribution in [0.25, 0.3) is 0 Å². The zero-order valence-corrected chi connectivity index (χ0v) is 33.8. The average molecular weight is 845 g/mol. The van der Waals surface area contributed by atoms with Gasteiger partial charge in [0, 0.05) is 25.6 Å². The van der Waals surface area contributed by atoms with E-state index in [0.717, 1.165) is 55.4 Å². The highest BCUT2D eigenvalue weighted by atomic mass is 16.8. The highest BCUT2D eigenvalue weighted by Gasteiger charge is 2.53. The molecule has 4 heterocycles. The first-order valence-corrected chi connectivity index (χ1v) is 20.6. The van der Waals surface area contributed by atoms with Crippen molar-refractivity contribution in [3.8, 4) is 0 Å². The van der Waals surface area contributed by atoms with Gasteiger partial charge >= 0.3 is 5.69 Å². The van der Waals surface area contributed by atoms with Crippen LogP contribution < -0.4 is 21.9 Å². The molecule has 1 aromatic rings. The number of aliphatic hydroxyl groups excluding tert-OH is 8. The van der Waals surface area contributed by atoms with Crippen molar-refractivity contribution in [2.45, 2.75) is 183 Å². The van der Waals surface area contributed by atoms with Gasteiger partial charge in [0.15, 0.2) is 18.8 Å².